The van der Waals surface area contributed by atoms with Gasteiger partial charge in [-0.3, -0.25) is 9.59 Å². The van der Waals surface area contributed by atoms with Gasteiger partial charge in [0.15, 0.2) is 17.6 Å². The Bertz CT molecular complexity index is 1500. The Morgan fingerprint density at radius 3 is 2.68 bits per heavy atom. The van der Waals surface area contributed by atoms with Crippen molar-refractivity contribution < 1.29 is 27.9 Å². The number of aromatic nitrogens is 3. The van der Waals surface area contributed by atoms with E-state index in [1.54, 1.807) is 13.0 Å². The Morgan fingerprint density at radius 1 is 1.27 bits per heavy atom. The fraction of sp³-hybridized carbons (Fsp3) is 0.346. The van der Waals surface area contributed by atoms with E-state index < -0.39 is 24.0 Å². The molecule has 1 saturated carbocycles. The Balaban J connectivity index is 1.66. The standard InChI is InChI=1S/C26H28F3N9O3/c1-3-21(26(27,28)29)35-37-33-13-17-11-19(38(36-17)23-20(39)5-4-8-31-23)25(41)34-22-14(2)9-16(30)10-18(22)24(40)32-12-15-6-7-15/h4-5,8-11,13,15,21,39H,3,6-7,12,30H2,1-2H3,(H,32,40)(H,34,41)/b33-13+,37-35?. The van der Waals surface area contributed by atoms with Crippen molar-refractivity contribution in [3.05, 3.63) is 59.0 Å². The van der Waals surface area contributed by atoms with Crippen molar-refractivity contribution in [3.63, 3.8) is 0 Å². The lowest BCUT2D eigenvalue weighted by molar-refractivity contribution is -0.148. The Hall–Kier alpha value is -4.82. The van der Waals surface area contributed by atoms with E-state index in [2.05, 4.69) is 36.2 Å². The van der Waals surface area contributed by atoms with Crippen LogP contribution in [0.4, 0.5) is 24.5 Å². The summed E-state index contributed by atoms with van der Waals surface area (Å²) < 4.78 is 39.7. The van der Waals surface area contributed by atoms with Gasteiger partial charge in [-0.1, -0.05) is 6.92 Å². The Kier molecular flexibility index (Phi) is 8.64. The average Bonchev–Trinajstić information content (AvgIpc) is 3.65. The van der Waals surface area contributed by atoms with E-state index in [-0.39, 0.29) is 40.6 Å². The van der Waals surface area contributed by atoms with Gasteiger partial charge in [-0.15, -0.1) is 5.10 Å². The molecule has 1 aliphatic rings. The van der Waals surface area contributed by atoms with Gasteiger partial charge in [-0.25, -0.2) is 9.67 Å². The molecule has 0 aliphatic heterocycles. The van der Waals surface area contributed by atoms with Gasteiger partial charge in [-0.05, 0) is 73.2 Å². The number of hydrogen-bond acceptors (Lipinski definition) is 8. The summed E-state index contributed by atoms with van der Waals surface area (Å²) in [7, 11) is 0. The number of aromatic hydroxyl groups is 1. The summed E-state index contributed by atoms with van der Waals surface area (Å²) in [6.45, 7) is 3.50. The van der Waals surface area contributed by atoms with Crippen LogP contribution < -0.4 is 16.4 Å². The smallest absolute Gasteiger partial charge is 0.412 e. The number of carbonyl (C=O) groups is 2. The first-order chi connectivity index (χ1) is 19.5. The van der Waals surface area contributed by atoms with E-state index >= 15 is 0 Å². The molecule has 2 aromatic heterocycles. The monoisotopic (exact) mass is 571 g/mol. The molecule has 0 radical (unpaired) electrons. The maximum Gasteiger partial charge on any atom is 0.412 e. The molecule has 1 aromatic carbocycles. The van der Waals surface area contributed by atoms with Gasteiger partial charge < -0.3 is 21.5 Å². The van der Waals surface area contributed by atoms with Gasteiger partial charge in [0.05, 0.1) is 17.5 Å². The molecule has 1 unspecified atom stereocenters. The van der Waals surface area contributed by atoms with Crippen LogP contribution in [-0.4, -0.2) is 56.7 Å². The van der Waals surface area contributed by atoms with Gasteiger partial charge in [0.1, 0.15) is 11.4 Å². The summed E-state index contributed by atoms with van der Waals surface area (Å²) in [5.41, 5.74) is 7.10. The first-order valence-electron chi connectivity index (χ1n) is 12.7. The van der Waals surface area contributed by atoms with Gasteiger partial charge in [0.25, 0.3) is 11.8 Å². The summed E-state index contributed by atoms with van der Waals surface area (Å²) in [5, 5.41) is 30.1. The molecule has 0 bridgehead atoms. The number of amides is 2. The maximum atomic E-state index is 13.5. The summed E-state index contributed by atoms with van der Waals surface area (Å²) in [6.07, 6.45) is -0.423. The Labute approximate surface area is 232 Å². The van der Waals surface area contributed by atoms with Gasteiger partial charge in [0.2, 0.25) is 0 Å². The molecular formula is C26H28F3N9O3. The average molecular weight is 572 g/mol. The van der Waals surface area contributed by atoms with Crippen LogP contribution in [0.25, 0.3) is 5.82 Å². The van der Waals surface area contributed by atoms with Crippen molar-refractivity contribution in [3.8, 4) is 11.6 Å². The lowest BCUT2D eigenvalue weighted by Gasteiger charge is -2.15. The molecule has 3 aromatic rings. The van der Waals surface area contributed by atoms with Crippen molar-refractivity contribution in [2.75, 3.05) is 17.6 Å². The number of nitrogens with two attached hydrogens (primary N) is 1. The zero-order valence-corrected chi connectivity index (χ0v) is 22.2. The normalized spacial score (nSPS) is 14.5. The highest BCUT2D eigenvalue weighted by atomic mass is 19.4. The van der Waals surface area contributed by atoms with Crippen LogP contribution in [0.3, 0.4) is 0 Å². The third-order valence-electron chi connectivity index (χ3n) is 6.21. The second kappa shape index (κ2) is 12.1. The van der Waals surface area contributed by atoms with Crippen molar-refractivity contribution in [2.45, 2.75) is 45.3 Å². The molecule has 12 nitrogen and oxygen atoms in total. The van der Waals surface area contributed by atoms with Crippen molar-refractivity contribution in [1.82, 2.24) is 20.1 Å². The number of alkyl halides is 3. The second-order valence-corrected chi connectivity index (χ2v) is 9.50. The van der Waals surface area contributed by atoms with Crippen molar-refractivity contribution >= 4 is 29.4 Å². The molecule has 1 aliphatic carbocycles. The van der Waals surface area contributed by atoms with Crippen molar-refractivity contribution in [1.29, 1.82) is 0 Å². The number of anilines is 2. The fourth-order valence-electron chi connectivity index (χ4n) is 3.88. The predicted octanol–water partition coefficient (Wildman–Crippen LogP) is 4.38. The second-order valence-electron chi connectivity index (χ2n) is 9.50. The minimum Gasteiger partial charge on any atom is -0.504 e. The van der Waals surface area contributed by atoms with E-state index in [1.807, 2.05) is 0 Å². The van der Waals surface area contributed by atoms with E-state index in [0.717, 1.165) is 23.7 Å². The number of nitrogen functional groups attached to an aromatic ring is 1. The highest BCUT2D eigenvalue weighted by Crippen LogP contribution is 2.29. The summed E-state index contributed by atoms with van der Waals surface area (Å²) >= 11 is 0. The number of benzene rings is 1. The molecule has 15 heteroatoms. The number of hydrogen-bond donors (Lipinski definition) is 4. The highest BCUT2D eigenvalue weighted by Gasteiger charge is 2.38. The first-order valence-corrected chi connectivity index (χ1v) is 12.7. The Morgan fingerprint density at radius 2 is 2.02 bits per heavy atom. The largest absolute Gasteiger partial charge is 0.504 e. The van der Waals surface area contributed by atoms with E-state index in [4.69, 9.17) is 5.73 Å². The van der Waals surface area contributed by atoms with Gasteiger partial charge >= 0.3 is 6.18 Å². The molecule has 2 amide bonds. The molecule has 0 saturated heterocycles. The van der Waals surface area contributed by atoms with E-state index in [1.165, 1.54) is 37.4 Å². The van der Waals surface area contributed by atoms with Crippen LogP contribution in [0, 0.1) is 12.8 Å². The number of pyridine rings is 1. The number of nitrogens with one attached hydrogen (secondary N) is 2. The predicted molar refractivity (Wildman–Crippen MR) is 144 cm³/mol. The lowest BCUT2D eigenvalue weighted by atomic mass is 10.1. The zero-order valence-electron chi connectivity index (χ0n) is 22.2. The van der Waals surface area contributed by atoms with Crippen LogP contribution in [-0.2, 0) is 0 Å². The number of rotatable bonds is 10. The molecule has 1 fully saturated rings. The van der Waals surface area contributed by atoms with Crippen LogP contribution >= 0.6 is 0 Å². The van der Waals surface area contributed by atoms with Gasteiger partial charge in [-0.2, -0.15) is 23.4 Å². The highest BCUT2D eigenvalue weighted by molar-refractivity contribution is 6.10. The molecule has 2 heterocycles. The molecule has 5 N–H and O–H groups in total. The number of carbonyl (C=O) groups excluding carboxylic acids is 2. The van der Waals surface area contributed by atoms with Crippen LogP contribution in [0.1, 0.15) is 58.3 Å². The molecule has 216 valence electrons. The third kappa shape index (κ3) is 7.23. The third-order valence-corrected chi connectivity index (χ3v) is 6.21. The molecule has 4 rings (SSSR count). The minimum absolute atomic E-state index is 0.00985. The zero-order chi connectivity index (χ0) is 29.7. The summed E-state index contributed by atoms with van der Waals surface area (Å²) in [5.74, 6) is -1.09. The lowest BCUT2D eigenvalue weighted by Crippen LogP contribution is -2.28. The molecule has 1 atom stereocenters. The topological polar surface area (TPSA) is 172 Å². The van der Waals surface area contributed by atoms with E-state index in [0.29, 0.717) is 23.7 Å². The quantitative estimate of drug-likeness (QED) is 0.122. The van der Waals surface area contributed by atoms with Crippen LogP contribution in [0.2, 0.25) is 0 Å². The van der Waals surface area contributed by atoms with Gasteiger partial charge in [0, 0.05) is 18.4 Å². The maximum absolute atomic E-state index is 13.5. The first kappa shape index (κ1) is 29.2. The van der Waals surface area contributed by atoms with Crippen molar-refractivity contribution in [2.24, 2.45) is 21.4 Å². The van der Waals surface area contributed by atoms with Crippen LogP contribution in [0.5, 0.6) is 5.75 Å². The summed E-state index contributed by atoms with van der Waals surface area (Å²) in [4.78, 5) is 30.6. The number of aryl methyl sites for hydroxylation is 1. The fourth-order valence-corrected chi connectivity index (χ4v) is 3.88. The van der Waals surface area contributed by atoms with Crippen LogP contribution in [0.15, 0.2) is 52.0 Å². The molecular weight excluding hydrogens is 543 g/mol. The number of halogens is 3. The number of nitrogens with zero attached hydrogens (tertiary/aromatic N) is 6. The minimum atomic E-state index is -4.56. The molecule has 0 spiro atoms. The SMILES string of the molecule is CCC(N=N/N=C/c1cc(C(=O)Nc2c(C)cc(N)cc2C(=O)NCC2CC2)n(-c2ncccc2O)n1)C(F)(F)F. The van der Waals surface area contributed by atoms with E-state index in [9.17, 15) is 27.9 Å². The molecule has 41 heavy (non-hydrogen) atoms. The summed E-state index contributed by atoms with van der Waals surface area (Å²) in [6, 6.07) is 5.12.